The van der Waals surface area contributed by atoms with Crippen molar-refractivity contribution in [3.05, 3.63) is 0 Å². The highest BCUT2D eigenvalue weighted by molar-refractivity contribution is 4.51. The second kappa shape index (κ2) is 25.0. The minimum atomic E-state index is 0. The summed E-state index contributed by atoms with van der Waals surface area (Å²) in [4.78, 5) is 12.3. The maximum absolute atomic E-state index is 6.12. The van der Waals surface area contributed by atoms with Crippen LogP contribution < -0.4 is 17.0 Å². The van der Waals surface area contributed by atoms with Crippen LogP contribution >= 0.6 is 0 Å². The molecule has 0 aliphatic carbocycles. The van der Waals surface area contributed by atoms with E-state index in [9.17, 15) is 0 Å². The maximum atomic E-state index is 6.12. The summed E-state index contributed by atoms with van der Waals surface area (Å²) in [5, 5.41) is 0. The fraction of sp³-hybridized carbons (Fsp3) is 1.00. The number of hydrogen-bond acceptors (Lipinski definition) is 2. The zero-order chi connectivity index (χ0) is 22.3. The first-order valence-electron chi connectivity index (χ1n) is 13.7. The molecule has 0 aromatic rings. The fourth-order valence-corrected chi connectivity index (χ4v) is 4.13. The number of hydrogen-bond donors (Lipinski definition) is 0. The number of unbranched alkanes of at least 4 members (excludes halogenated alkanes) is 17. The Morgan fingerprint density at radius 3 is 1.32 bits per heavy atom. The van der Waals surface area contributed by atoms with Gasteiger partial charge in [0.1, 0.15) is 26.8 Å². The van der Waals surface area contributed by atoms with Crippen molar-refractivity contribution in [2.45, 2.75) is 155 Å². The van der Waals surface area contributed by atoms with E-state index < -0.39 is 0 Å². The SMILES string of the molecule is CCCCCCCCCCCCO[N+](C)(C)OC(C)CCCCCCCCCCC.[Br-]. The van der Waals surface area contributed by atoms with Gasteiger partial charge in [0.2, 0.25) is 0 Å². The largest absolute Gasteiger partial charge is 1.00 e. The van der Waals surface area contributed by atoms with Gasteiger partial charge in [0.25, 0.3) is 0 Å². The average Bonchev–Trinajstić information content (AvgIpc) is 2.70. The fourth-order valence-electron chi connectivity index (χ4n) is 4.13. The van der Waals surface area contributed by atoms with Crippen molar-refractivity contribution in [3.63, 3.8) is 0 Å². The molecule has 0 aromatic carbocycles. The lowest BCUT2D eigenvalue weighted by atomic mass is 10.1. The summed E-state index contributed by atoms with van der Waals surface area (Å²) < 4.78 is 0. The Kier molecular flexibility index (Phi) is 27.0. The number of quaternary nitrogens is 1. The van der Waals surface area contributed by atoms with Gasteiger partial charge in [-0.1, -0.05) is 129 Å². The van der Waals surface area contributed by atoms with Crippen molar-refractivity contribution >= 4 is 0 Å². The van der Waals surface area contributed by atoms with E-state index in [0.29, 0.717) is 0 Å². The Labute approximate surface area is 207 Å². The zero-order valence-corrected chi connectivity index (χ0v) is 23.7. The molecule has 0 aliphatic heterocycles. The van der Waals surface area contributed by atoms with Crippen LogP contribution in [0, 0.1) is 0 Å². The molecule has 0 heterocycles. The van der Waals surface area contributed by atoms with Crippen LogP contribution in [0.5, 0.6) is 0 Å². The monoisotopic (exact) mass is 507 g/mol. The predicted octanol–water partition coefficient (Wildman–Crippen LogP) is 6.16. The van der Waals surface area contributed by atoms with Crippen molar-refractivity contribution in [2.24, 2.45) is 0 Å². The lowest BCUT2D eigenvalue weighted by Crippen LogP contribution is -3.00. The highest BCUT2D eigenvalue weighted by Crippen LogP contribution is 2.15. The smallest absolute Gasteiger partial charge is 0.132 e. The van der Waals surface area contributed by atoms with Crippen LogP contribution in [0.2, 0.25) is 0 Å². The van der Waals surface area contributed by atoms with Gasteiger partial charge in [-0.25, -0.2) is 0 Å². The lowest BCUT2D eigenvalue weighted by Gasteiger charge is -2.27. The molecule has 31 heavy (non-hydrogen) atoms. The quantitative estimate of drug-likeness (QED) is 0.0883. The van der Waals surface area contributed by atoms with Crippen molar-refractivity contribution in [1.29, 1.82) is 0 Å². The van der Waals surface area contributed by atoms with Gasteiger partial charge in [-0.05, 0) is 24.6 Å². The van der Waals surface area contributed by atoms with Gasteiger partial charge in [-0.15, -0.1) is 0 Å². The van der Waals surface area contributed by atoms with E-state index >= 15 is 0 Å². The van der Waals surface area contributed by atoms with Crippen LogP contribution in [0.1, 0.15) is 149 Å². The first kappa shape index (κ1) is 33.5. The predicted molar refractivity (Wildman–Crippen MR) is 132 cm³/mol. The minimum absolute atomic E-state index is 0. The Balaban J connectivity index is 0. The molecule has 1 atom stereocenters. The standard InChI is InChI=1S/C27H58NO2.BrH/c1-6-8-10-12-14-16-18-20-22-24-26-29-28(4,5)30-27(3)25-23-21-19-17-15-13-11-9-7-2;/h27H,6-26H2,1-5H3;1H/q+1;/p-1. The molecule has 0 bridgehead atoms. The molecular formula is C27H58BrNO2. The Morgan fingerprint density at radius 2 is 0.903 bits per heavy atom. The summed E-state index contributed by atoms with van der Waals surface area (Å²) in [5.74, 6) is 0. The second-order valence-electron chi connectivity index (χ2n) is 9.80. The van der Waals surface area contributed by atoms with E-state index in [1.165, 1.54) is 116 Å². The van der Waals surface area contributed by atoms with E-state index in [4.69, 9.17) is 9.68 Å². The van der Waals surface area contributed by atoms with E-state index in [1.54, 1.807) is 0 Å². The maximum Gasteiger partial charge on any atom is 0.132 e. The number of nitrogens with zero attached hydrogens (tertiary/aromatic N) is 1. The molecule has 0 spiro atoms. The second-order valence-corrected chi connectivity index (χ2v) is 9.80. The van der Waals surface area contributed by atoms with Gasteiger partial charge in [0.05, 0.1) is 0 Å². The van der Waals surface area contributed by atoms with Gasteiger partial charge in [-0.2, -0.15) is 9.68 Å². The minimum Gasteiger partial charge on any atom is -1.00 e. The summed E-state index contributed by atoms with van der Waals surface area (Å²) in [5.41, 5.74) is 0. The van der Waals surface area contributed by atoms with E-state index in [1.807, 2.05) is 14.1 Å². The van der Waals surface area contributed by atoms with E-state index in [-0.39, 0.29) is 27.9 Å². The summed E-state index contributed by atoms with van der Waals surface area (Å²) in [6.45, 7) is 7.56. The third-order valence-corrected chi connectivity index (χ3v) is 6.05. The Hall–Kier alpha value is 0.360. The average molecular weight is 509 g/mol. The summed E-state index contributed by atoms with van der Waals surface area (Å²) in [6, 6.07) is 0. The molecule has 0 rings (SSSR count). The highest BCUT2D eigenvalue weighted by Gasteiger charge is 2.22. The third-order valence-electron chi connectivity index (χ3n) is 6.05. The molecule has 190 valence electrons. The first-order valence-corrected chi connectivity index (χ1v) is 13.7. The van der Waals surface area contributed by atoms with Gasteiger partial charge in [-0.3, -0.25) is 0 Å². The van der Waals surface area contributed by atoms with E-state index in [2.05, 4.69) is 20.8 Å². The topological polar surface area (TPSA) is 18.5 Å². The first-order chi connectivity index (χ1) is 14.5. The summed E-state index contributed by atoms with van der Waals surface area (Å²) >= 11 is 0. The molecule has 0 N–H and O–H groups in total. The van der Waals surface area contributed by atoms with Crippen molar-refractivity contribution in [2.75, 3.05) is 20.7 Å². The molecule has 0 saturated carbocycles. The van der Waals surface area contributed by atoms with Crippen LogP contribution in [0.4, 0.5) is 0 Å². The van der Waals surface area contributed by atoms with Crippen LogP contribution in [0.25, 0.3) is 0 Å². The molecule has 0 saturated heterocycles. The number of rotatable bonds is 24. The van der Waals surface area contributed by atoms with E-state index in [0.717, 1.165) is 19.4 Å². The highest BCUT2D eigenvalue weighted by atomic mass is 79.9. The molecule has 3 nitrogen and oxygen atoms in total. The van der Waals surface area contributed by atoms with Crippen LogP contribution in [0.15, 0.2) is 0 Å². The van der Waals surface area contributed by atoms with Gasteiger partial charge < -0.3 is 17.0 Å². The van der Waals surface area contributed by atoms with Crippen molar-refractivity contribution in [1.82, 2.24) is 0 Å². The Morgan fingerprint density at radius 1 is 0.548 bits per heavy atom. The zero-order valence-electron chi connectivity index (χ0n) is 22.1. The molecule has 0 amide bonds. The molecule has 4 heteroatoms. The third kappa shape index (κ3) is 26.5. The molecular weight excluding hydrogens is 450 g/mol. The van der Waals surface area contributed by atoms with Crippen molar-refractivity contribution in [3.8, 4) is 0 Å². The van der Waals surface area contributed by atoms with Gasteiger partial charge in [0.15, 0.2) is 0 Å². The number of hydroxylamine groups is 4. The molecule has 0 aromatic heterocycles. The van der Waals surface area contributed by atoms with Crippen molar-refractivity contribution < 1.29 is 31.5 Å². The molecule has 1 unspecified atom stereocenters. The molecule has 0 fully saturated rings. The molecule has 0 aliphatic rings. The summed E-state index contributed by atoms with van der Waals surface area (Å²) in [6.07, 6.45) is 27.4. The number of halogens is 1. The van der Waals surface area contributed by atoms with Crippen LogP contribution in [-0.4, -0.2) is 31.6 Å². The van der Waals surface area contributed by atoms with Gasteiger partial charge >= 0.3 is 0 Å². The Bertz CT molecular complexity index is 339. The normalized spacial score (nSPS) is 12.7. The summed E-state index contributed by atoms with van der Waals surface area (Å²) in [7, 11) is 4.03. The van der Waals surface area contributed by atoms with Crippen LogP contribution in [0.3, 0.4) is 0 Å². The lowest BCUT2D eigenvalue weighted by molar-refractivity contribution is -1.23. The van der Waals surface area contributed by atoms with Crippen LogP contribution in [-0.2, 0) is 9.68 Å². The van der Waals surface area contributed by atoms with Gasteiger partial charge in [0, 0.05) is 0 Å². The molecule has 0 radical (unpaired) electrons.